The quantitative estimate of drug-likeness (QED) is 0.646. The second-order valence-electron chi connectivity index (χ2n) is 4.89. The third kappa shape index (κ3) is 2.18. The molecule has 2 rings (SSSR count). The fourth-order valence-electron chi connectivity index (χ4n) is 2.84. The van der Waals surface area contributed by atoms with Gasteiger partial charge in [-0.15, -0.1) is 0 Å². The molecule has 0 spiro atoms. The minimum absolute atomic E-state index is 0.0574. The fraction of sp³-hybridized carbons (Fsp3) is 0.538. The lowest BCUT2D eigenvalue weighted by Crippen LogP contribution is -2.39. The molecule has 0 saturated heterocycles. The summed E-state index contributed by atoms with van der Waals surface area (Å²) < 4.78 is 41.1. The largest absolute Gasteiger partial charge is 0.330 e. The fourth-order valence-corrected chi connectivity index (χ4v) is 3.15. The molecule has 0 unspecified atom stereocenters. The first-order valence-electron chi connectivity index (χ1n) is 6.05. The summed E-state index contributed by atoms with van der Waals surface area (Å²) >= 11 is 2.83. The summed E-state index contributed by atoms with van der Waals surface area (Å²) in [5, 5.41) is 0. The molecule has 0 amide bonds. The number of hydrogen-bond acceptors (Lipinski definition) is 1. The van der Waals surface area contributed by atoms with Crippen LogP contribution in [0.3, 0.4) is 0 Å². The summed E-state index contributed by atoms with van der Waals surface area (Å²) in [7, 11) is 0. The minimum atomic E-state index is -0.920. The van der Waals surface area contributed by atoms with E-state index in [4.69, 9.17) is 5.73 Å². The van der Waals surface area contributed by atoms with Gasteiger partial charge in [-0.05, 0) is 28.8 Å². The average Bonchev–Trinajstić information content (AvgIpc) is 2.37. The minimum Gasteiger partial charge on any atom is -0.330 e. The van der Waals surface area contributed by atoms with Gasteiger partial charge in [0.2, 0.25) is 0 Å². The maximum atomic E-state index is 14.2. The highest BCUT2D eigenvalue weighted by Crippen LogP contribution is 2.42. The molecule has 18 heavy (non-hydrogen) atoms. The lowest BCUT2D eigenvalue weighted by atomic mass is 9.69. The smallest absolute Gasteiger partial charge is 0.147 e. The monoisotopic (exact) mass is 321 g/mol. The van der Waals surface area contributed by atoms with Crippen LogP contribution >= 0.6 is 15.9 Å². The second-order valence-corrected chi connectivity index (χ2v) is 5.68. The maximum Gasteiger partial charge on any atom is 0.147 e. The molecule has 0 bridgehead atoms. The first kappa shape index (κ1) is 13.9. The van der Waals surface area contributed by atoms with E-state index < -0.39 is 22.9 Å². The molecule has 0 aliphatic heterocycles. The molecule has 5 heteroatoms. The molecule has 1 saturated carbocycles. The van der Waals surface area contributed by atoms with Crippen molar-refractivity contribution in [2.45, 2.75) is 37.5 Å². The Bertz CT molecular complexity index is 456. The van der Waals surface area contributed by atoms with Crippen LogP contribution in [-0.2, 0) is 5.41 Å². The molecule has 1 aromatic carbocycles. The molecule has 0 heterocycles. The topological polar surface area (TPSA) is 26.0 Å². The Morgan fingerprint density at radius 3 is 2.28 bits per heavy atom. The first-order chi connectivity index (χ1) is 8.52. The maximum absolute atomic E-state index is 14.2. The van der Waals surface area contributed by atoms with Gasteiger partial charge in [0.25, 0.3) is 0 Å². The summed E-state index contributed by atoms with van der Waals surface area (Å²) in [6.45, 7) is 0.179. The molecule has 0 atom stereocenters. The summed E-state index contributed by atoms with van der Waals surface area (Å²) in [5.74, 6) is -2.60. The Labute approximate surface area is 113 Å². The number of rotatable bonds is 2. The lowest BCUT2D eigenvalue weighted by Gasteiger charge is -2.37. The molecular formula is C13H15BrF3N. The predicted molar refractivity (Wildman–Crippen MR) is 67.8 cm³/mol. The zero-order valence-corrected chi connectivity index (χ0v) is 11.5. The van der Waals surface area contributed by atoms with E-state index in [0.717, 1.165) is 25.3 Å². The molecule has 2 N–H and O–H groups in total. The van der Waals surface area contributed by atoms with Crippen molar-refractivity contribution in [3.8, 4) is 0 Å². The first-order valence-corrected chi connectivity index (χ1v) is 6.85. The summed E-state index contributed by atoms with van der Waals surface area (Å²) in [6, 6.07) is 0.731. The molecule has 100 valence electrons. The van der Waals surface area contributed by atoms with Crippen LogP contribution < -0.4 is 5.73 Å². The van der Waals surface area contributed by atoms with E-state index in [1.165, 1.54) is 0 Å². The number of benzene rings is 1. The molecule has 0 radical (unpaired) electrons. The third-order valence-electron chi connectivity index (χ3n) is 3.85. The van der Waals surface area contributed by atoms with Gasteiger partial charge in [-0.3, -0.25) is 0 Å². The summed E-state index contributed by atoms with van der Waals surface area (Å²) in [6.07, 6.45) is 4.13. The average molecular weight is 322 g/mol. The predicted octanol–water partition coefficient (Wildman–Crippen LogP) is 4.03. The molecular weight excluding hydrogens is 307 g/mol. The number of nitrogens with two attached hydrogens (primary N) is 1. The van der Waals surface area contributed by atoms with Gasteiger partial charge in [0.05, 0.1) is 4.47 Å². The Balaban J connectivity index is 2.58. The van der Waals surface area contributed by atoms with Gasteiger partial charge < -0.3 is 5.73 Å². The van der Waals surface area contributed by atoms with Crippen molar-refractivity contribution in [2.24, 2.45) is 5.73 Å². The Hall–Kier alpha value is -0.550. The SMILES string of the molecule is NCC1(c2c(F)cc(F)c(Br)c2F)CCCCC1. The summed E-state index contributed by atoms with van der Waals surface area (Å²) in [5.41, 5.74) is 5.00. The lowest BCUT2D eigenvalue weighted by molar-refractivity contribution is 0.280. The van der Waals surface area contributed by atoms with Crippen LogP contribution in [0.15, 0.2) is 10.5 Å². The highest BCUT2D eigenvalue weighted by atomic mass is 79.9. The van der Waals surface area contributed by atoms with Gasteiger partial charge in [-0.2, -0.15) is 0 Å². The van der Waals surface area contributed by atoms with E-state index in [1.54, 1.807) is 0 Å². The zero-order valence-electron chi connectivity index (χ0n) is 9.91. The zero-order chi connectivity index (χ0) is 13.3. The highest BCUT2D eigenvalue weighted by Gasteiger charge is 2.38. The van der Waals surface area contributed by atoms with E-state index in [9.17, 15) is 13.2 Å². The van der Waals surface area contributed by atoms with Gasteiger partial charge in [-0.25, -0.2) is 13.2 Å². The van der Waals surface area contributed by atoms with Crippen LogP contribution in [0.25, 0.3) is 0 Å². The Morgan fingerprint density at radius 1 is 1.11 bits per heavy atom. The van der Waals surface area contributed by atoms with E-state index in [-0.39, 0.29) is 16.6 Å². The van der Waals surface area contributed by atoms with Crippen LogP contribution in [0.2, 0.25) is 0 Å². The van der Waals surface area contributed by atoms with Crippen LogP contribution in [0, 0.1) is 17.5 Å². The van der Waals surface area contributed by atoms with Gasteiger partial charge >= 0.3 is 0 Å². The highest BCUT2D eigenvalue weighted by molar-refractivity contribution is 9.10. The number of hydrogen-bond donors (Lipinski definition) is 1. The summed E-state index contributed by atoms with van der Waals surface area (Å²) in [4.78, 5) is 0. The van der Waals surface area contributed by atoms with Crippen molar-refractivity contribution in [2.75, 3.05) is 6.54 Å². The van der Waals surface area contributed by atoms with Gasteiger partial charge in [0, 0.05) is 23.6 Å². The van der Waals surface area contributed by atoms with E-state index in [1.807, 2.05) is 0 Å². The molecule has 1 aromatic rings. The van der Waals surface area contributed by atoms with Crippen molar-refractivity contribution in [1.29, 1.82) is 0 Å². The standard InChI is InChI=1S/C13H15BrF3N/c14-11-9(16)6-8(15)10(12(11)17)13(7-18)4-2-1-3-5-13/h6H,1-5,7,18H2. The van der Waals surface area contributed by atoms with E-state index in [2.05, 4.69) is 15.9 Å². The Kier molecular flexibility index (Phi) is 4.02. The van der Waals surface area contributed by atoms with Crippen LogP contribution in [0.4, 0.5) is 13.2 Å². The van der Waals surface area contributed by atoms with Crippen LogP contribution in [0.1, 0.15) is 37.7 Å². The molecule has 1 nitrogen and oxygen atoms in total. The molecule has 1 aliphatic rings. The third-order valence-corrected chi connectivity index (χ3v) is 4.57. The number of halogens is 4. The van der Waals surface area contributed by atoms with Crippen molar-refractivity contribution >= 4 is 15.9 Å². The normalized spacial score (nSPS) is 18.9. The second kappa shape index (κ2) is 5.21. The molecule has 0 aromatic heterocycles. The van der Waals surface area contributed by atoms with Gasteiger partial charge in [0.15, 0.2) is 0 Å². The van der Waals surface area contributed by atoms with E-state index >= 15 is 0 Å². The van der Waals surface area contributed by atoms with Crippen molar-refractivity contribution < 1.29 is 13.2 Å². The van der Waals surface area contributed by atoms with Crippen molar-refractivity contribution in [3.63, 3.8) is 0 Å². The van der Waals surface area contributed by atoms with E-state index in [0.29, 0.717) is 12.8 Å². The van der Waals surface area contributed by atoms with Crippen molar-refractivity contribution in [3.05, 3.63) is 33.6 Å². The van der Waals surface area contributed by atoms with Crippen LogP contribution in [0.5, 0.6) is 0 Å². The van der Waals surface area contributed by atoms with Crippen LogP contribution in [-0.4, -0.2) is 6.54 Å². The van der Waals surface area contributed by atoms with Crippen molar-refractivity contribution in [1.82, 2.24) is 0 Å². The van der Waals surface area contributed by atoms with Gasteiger partial charge in [-0.1, -0.05) is 19.3 Å². The molecule has 1 aliphatic carbocycles. The molecule has 1 fully saturated rings. The van der Waals surface area contributed by atoms with Gasteiger partial charge in [0.1, 0.15) is 17.5 Å². The Morgan fingerprint density at radius 2 is 1.72 bits per heavy atom.